The Balaban J connectivity index is 1.53. The summed E-state index contributed by atoms with van der Waals surface area (Å²) in [5, 5.41) is -0.298. The topological polar surface area (TPSA) is 137 Å². The molecule has 0 aliphatic carbocycles. The maximum atomic E-state index is 13.5. The molecule has 0 spiro atoms. The van der Waals surface area contributed by atoms with E-state index in [0.717, 1.165) is 0 Å². The van der Waals surface area contributed by atoms with Crippen LogP contribution in [0.1, 0.15) is 56.9 Å². The monoisotopic (exact) mass is 636 g/mol. The van der Waals surface area contributed by atoms with Crippen LogP contribution in [0.5, 0.6) is 17.5 Å². The number of hydrogen-bond acceptors (Lipinski definition) is 9. The summed E-state index contributed by atoms with van der Waals surface area (Å²) in [6, 6.07) is 23.3. The van der Waals surface area contributed by atoms with Crippen LogP contribution < -0.4 is 14.2 Å². The van der Waals surface area contributed by atoms with Gasteiger partial charge in [-0.1, -0.05) is 36.4 Å². The second-order valence-corrected chi connectivity index (χ2v) is 12.5. The van der Waals surface area contributed by atoms with E-state index in [1.165, 1.54) is 18.2 Å². The zero-order chi connectivity index (χ0) is 33.0. The number of pyridine rings is 3. The van der Waals surface area contributed by atoms with Crippen LogP contribution in [-0.2, 0) is 10.0 Å². The molecule has 0 aliphatic rings. The van der Waals surface area contributed by atoms with Gasteiger partial charge in [0.25, 0.3) is 15.9 Å². The molecule has 0 saturated carbocycles. The van der Waals surface area contributed by atoms with Gasteiger partial charge in [0.1, 0.15) is 11.3 Å². The lowest BCUT2D eigenvalue weighted by atomic mass is 9.98. The van der Waals surface area contributed by atoms with Crippen LogP contribution in [0.2, 0.25) is 0 Å². The third-order valence-corrected chi connectivity index (χ3v) is 8.05. The summed E-state index contributed by atoms with van der Waals surface area (Å²) in [5.74, 6) is -0.436. The van der Waals surface area contributed by atoms with E-state index in [4.69, 9.17) is 9.47 Å². The number of carbonyl (C=O) groups is 2. The predicted octanol–water partition coefficient (Wildman–Crippen LogP) is 6.39. The molecule has 1 amide bonds. The Morgan fingerprint density at radius 3 is 2.15 bits per heavy atom. The van der Waals surface area contributed by atoms with Crippen molar-refractivity contribution in [3.63, 3.8) is 0 Å². The fourth-order valence-corrected chi connectivity index (χ4v) is 5.67. The van der Waals surface area contributed by atoms with Crippen LogP contribution in [0.15, 0.2) is 96.2 Å². The van der Waals surface area contributed by atoms with E-state index in [0.29, 0.717) is 50.8 Å². The van der Waals surface area contributed by atoms with Crippen molar-refractivity contribution in [3.05, 3.63) is 125 Å². The highest BCUT2D eigenvalue weighted by Crippen LogP contribution is 2.33. The molecule has 234 valence electrons. The number of nitrogens with one attached hydrogen (secondary N) is 1. The van der Waals surface area contributed by atoms with Crippen molar-refractivity contribution in [2.45, 2.75) is 45.7 Å². The number of sulfonamides is 1. The van der Waals surface area contributed by atoms with Crippen LogP contribution in [0.3, 0.4) is 0 Å². The van der Waals surface area contributed by atoms with Gasteiger partial charge in [0, 0.05) is 34.6 Å². The van der Waals surface area contributed by atoms with E-state index >= 15 is 0 Å². The summed E-state index contributed by atoms with van der Waals surface area (Å²) in [4.78, 5) is 39.6. The van der Waals surface area contributed by atoms with Crippen molar-refractivity contribution in [1.82, 2.24) is 19.7 Å². The summed E-state index contributed by atoms with van der Waals surface area (Å²) in [6.07, 6.45) is 1.53. The molecule has 10 nitrogen and oxygen atoms in total. The highest BCUT2D eigenvalue weighted by Gasteiger charge is 2.25. The van der Waals surface area contributed by atoms with Gasteiger partial charge in [-0.3, -0.25) is 9.59 Å². The number of benzene rings is 2. The maximum Gasteiger partial charge on any atom is 0.281 e. The van der Waals surface area contributed by atoms with Crippen molar-refractivity contribution >= 4 is 21.7 Å². The number of amides is 1. The van der Waals surface area contributed by atoms with Gasteiger partial charge in [-0.2, -0.15) is 8.42 Å². The van der Waals surface area contributed by atoms with Gasteiger partial charge in [-0.25, -0.2) is 19.7 Å². The van der Waals surface area contributed by atoms with Gasteiger partial charge in [-0.05, 0) is 88.2 Å². The molecule has 46 heavy (non-hydrogen) atoms. The Labute approximate surface area is 267 Å². The zero-order valence-corrected chi connectivity index (χ0v) is 26.8. The Morgan fingerprint density at radius 2 is 1.52 bits per heavy atom. The molecule has 0 radical (unpaired) electrons. The molecule has 1 N–H and O–H groups in total. The molecular weight excluding hydrogens is 604 g/mol. The third-order valence-electron chi connectivity index (χ3n) is 6.82. The second kappa shape index (κ2) is 13.3. The molecule has 0 bridgehead atoms. The van der Waals surface area contributed by atoms with Crippen molar-refractivity contribution in [3.8, 4) is 28.8 Å². The first kappa shape index (κ1) is 32.0. The number of carbonyl (C=O) groups excluding carboxylic acids is 2. The molecule has 0 atom stereocenters. The first-order chi connectivity index (χ1) is 21.9. The highest BCUT2D eigenvalue weighted by molar-refractivity contribution is 7.90. The average molecular weight is 637 g/mol. The molecule has 0 saturated heterocycles. The molecule has 11 heteroatoms. The quantitative estimate of drug-likeness (QED) is 0.173. The minimum absolute atomic E-state index is 0.0543. The van der Waals surface area contributed by atoms with Crippen molar-refractivity contribution in [1.29, 1.82) is 0 Å². The molecular formula is C35H32N4O6S. The van der Waals surface area contributed by atoms with Crippen molar-refractivity contribution in [2.75, 3.05) is 0 Å². The smallest absolute Gasteiger partial charge is 0.281 e. The van der Waals surface area contributed by atoms with Crippen LogP contribution in [0, 0.1) is 20.8 Å². The molecule has 0 unspecified atom stereocenters. The first-order valence-electron chi connectivity index (χ1n) is 14.4. The summed E-state index contributed by atoms with van der Waals surface area (Å²) < 4.78 is 40.1. The average Bonchev–Trinajstić information content (AvgIpc) is 3.02. The molecule has 0 fully saturated rings. The largest absolute Gasteiger partial charge is 0.475 e. The van der Waals surface area contributed by atoms with E-state index in [2.05, 4.69) is 19.7 Å². The minimum atomic E-state index is -4.31. The first-order valence-corrected chi connectivity index (χ1v) is 15.9. The van der Waals surface area contributed by atoms with Crippen LogP contribution in [0.4, 0.5) is 0 Å². The SMILES string of the molecule is Cc1cccc(S(=O)(=O)NC(=O)c2ccc(-c3ccc(OC(C)C)nc3)nc2Oc2c(C)cc(C(=O)c3ccccc3)cc2C)n1. The lowest BCUT2D eigenvalue weighted by Crippen LogP contribution is -2.31. The third kappa shape index (κ3) is 7.27. The number of ether oxygens (including phenoxy) is 2. The number of rotatable bonds is 10. The Morgan fingerprint density at radius 1 is 0.804 bits per heavy atom. The van der Waals surface area contributed by atoms with E-state index in [9.17, 15) is 18.0 Å². The number of nitrogens with zero attached hydrogens (tertiary/aromatic N) is 3. The molecule has 5 aromatic rings. The molecule has 5 rings (SSSR count). The van der Waals surface area contributed by atoms with E-state index < -0.39 is 15.9 Å². The van der Waals surface area contributed by atoms with Gasteiger partial charge in [0.2, 0.25) is 11.8 Å². The summed E-state index contributed by atoms with van der Waals surface area (Å²) in [7, 11) is -4.31. The lowest BCUT2D eigenvalue weighted by molar-refractivity contribution is 0.0977. The van der Waals surface area contributed by atoms with Crippen LogP contribution in [0.25, 0.3) is 11.3 Å². The van der Waals surface area contributed by atoms with Crippen molar-refractivity contribution in [2.24, 2.45) is 0 Å². The Hall–Kier alpha value is -5.42. The number of aryl methyl sites for hydroxylation is 3. The molecule has 3 aromatic heterocycles. The summed E-state index contributed by atoms with van der Waals surface area (Å²) in [5.41, 5.74) is 3.63. The molecule has 3 heterocycles. The standard InChI is InChI=1S/C35H32N4O6S/c1-21(2)44-30-17-14-26(20-36-30)29-16-15-28(34(41)39-46(42,43)31-13-9-10-24(5)37-31)35(38-29)45-33-22(3)18-27(19-23(33)4)32(40)25-11-7-6-8-12-25/h6-21H,1-5H3,(H,39,41). The van der Waals surface area contributed by atoms with E-state index in [-0.39, 0.29) is 28.4 Å². The predicted molar refractivity (Wildman–Crippen MR) is 173 cm³/mol. The minimum Gasteiger partial charge on any atom is -0.475 e. The Bertz CT molecular complexity index is 2010. The summed E-state index contributed by atoms with van der Waals surface area (Å²) >= 11 is 0. The summed E-state index contributed by atoms with van der Waals surface area (Å²) in [6.45, 7) is 8.99. The van der Waals surface area contributed by atoms with E-state index in [1.54, 1.807) is 87.6 Å². The maximum absolute atomic E-state index is 13.5. The van der Waals surface area contributed by atoms with Gasteiger partial charge in [-0.15, -0.1) is 0 Å². The van der Waals surface area contributed by atoms with Gasteiger partial charge in [0.15, 0.2) is 10.8 Å². The number of aromatic nitrogens is 3. The van der Waals surface area contributed by atoms with Gasteiger partial charge < -0.3 is 9.47 Å². The van der Waals surface area contributed by atoms with Crippen LogP contribution in [-0.4, -0.2) is 41.2 Å². The fourth-order valence-electron chi connectivity index (χ4n) is 4.69. The van der Waals surface area contributed by atoms with Crippen LogP contribution >= 0.6 is 0 Å². The number of ketones is 1. The second-order valence-electron chi connectivity index (χ2n) is 10.9. The lowest BCUT2D eigenvalue weighted by Gasteiger charge is -2.16. The van der Waals surface area contributed by atoms with E-state index in [1.807, 2.05) is 19.9 Å². The fraction of sp³-hybridized carbons (Fsp3) is 0.171. The molecule has 2 aromatic carbocycles. The molecule has 0 aliphatic heterocycles. The van der Waals surface area contributed by atoms with Crippen molar-refractivity contribution < 1.29 is 27.5 Å². The normalized spacial score (nSPS) is 11.3. The zero-order valence-electron chi connectivity index (χ0n) is 25.9. The number of hydrogen-bond donors (Lipinski definition) is 1. The van der Waals surface area contributed by atoms with Gasteiger partial charge >= 0.3 is 0 Å². The highest BCUT2D eigenvalue weighted by atomic mass is 32.2. The van der Waals surface area contributed by atoms with Gasteiger partial charge in [0.05, 0.1) is 11.8 Å². The Kier molecular flexibility index (Phi) is 9.24.